The topological polar surface area (TPSA) is 136 Å². The predicted molar refractivity (Wildman–Crippen MR) is 117 cm³/mol. The summed E-state index contributed by atoms with van der Waals surface area (Å²) < 4.78 is 6.71. The van der Waals surface area contributed by atoms with Gasteiger partial charge in [-0.05, 0) is 37.5 Å². The summed E-state index contributed by atoms with van der Waals surface area (Å²) in [7, 11) is 1.40. The Morgan fingerprint density at radius 2 is 1.97 bits per heavy atom. The summed E-state index contributed by atoms with van der Waals surface area (Å²) in [5, 5.41) is 26.9. The number of aliphatic hydroxyl groups excluding tert-OH is 2. The van der Waals surface area contributed by atoms with Crippen LogP contribution < -0.4 is 16.6 Å². The number of amides is 1. The maximum atomic E-state index is 12.9. The number of nitrogens with one attached hydrogen (secondary N) is 1. The first-order valence-electron chi connectivity index (χ1n) is 10.8. The van der Waals surface area contributed by atoms with Gasteiger partial charge in [-0.15, -0.1) is 0 Å². The van der Waals surface area contributed by atoms with Gasteiger partial charge in [0.05, 0.1) is 24.9 Å². The van der Waals surface area contributed by atoms with Gasteiger partial charge in [0, 0.05) is 18.6 Å². The van der Waals surface area contributed by atoms with Crippen molar-refractivity contribution < 1.29 is 19.7 Å². The zero-order chi connectivity index (χ0) is 23.3. The van der Waals surface area contributed by atoms with Crippen LogP contribution in [0.3, 0.4) is 0 Å². The van der Waals surface area contributed by atoms with Gasteiger partial charge in [0.25, 0.3) is 11.5 Å². The summed E-state index contributed by atoms with van der Waals surface area (Å²) in [6, 6.07) is 4.77. The molecule has 0 saturated heterocycles. The first-order chi connectivity index (χ1) is 15.3. The Morgan fingerprint density at radius 3 is 2.66 bits per heavy atom. The molecule has 0 spiro atoms. The van der Waals surface area contributed by atoms with Crippen molar-refractivity contribution in [1.29, 1.82) is 0 Å². The Morgan fingerprint density at radius 1 is 1.25 bits per heavy atom. The largest absolute Gasteiger partial charge is 0.389 e. The first kappa shape index (κ1) is 23.8. The third kappa shape index (κ3) is 5.50. The van der Waals surface area contributed by atoms with Crippen LogP contribution in [0.1, 0.15) is 48.0 Å². The van der Waals surface area contributed by atoms with Gasteiger partial charge in [-0.3, -0.25) is 14.2 Å². The van der Waals surface area contributed by atoms with Gasteiger partial charge in [0.2, 0.25) is 0 Å². The molecule has 3 rings (SSSR count). The van der Waals surface area contributed by atoms with Crippen LogP contribution in [0.5, 0.6) is 0 Å². The fourth-order valence-corrected chi connectivity index (χ4v) is 4.00. The lowest BCUT2D eigenvalue weighted by atomic mass is 9.88. The molecule has 1 aromatic heterocycles. The fraction of sp³-hybridized carbons (Fsp3) is 0.545. The molecule has 1 amide bonds. The zero-order valence-electron chi connectivity index (χ0n) is 18.4. The molecule has 0 radical (unpaired) electrons. The highest BCUT2D eigenvalue weighted by atomic mass is 16.5. The fourth-order valence-electron chi connectivity index (χ4n) is 4.00. The number of carbonyl (C=O) groups excluding carboxylic acids is 1. The van der Waals surface area contributed by atoms with E-state index in [2.05, 4.69) is 10.4 Å². The molecule has 1 heterocycles. The summed E-state index contributed by atoms with van der Waals surface area (Å²) in [5.41, 5.74) is -0.151. The number of rotatable bonds is 8. The molecule has 1 aliphatic rings. The second-order valence-corrected chi connectivity index (χ2v) is 8.21. The van der Waals surface area contributed by atoms with Crippen molar-refractivity contribution in [2.75, 3.05) is 13.7 Å². The van der Waals surface area contributed by atoms with Crippen molar-refractivity contribution in [3.63, 3.8) is 0 Å². The first-order valence-corrected chi connectivity index (χ1v) is 10.8. The number of nitrogens with zero attached hydrogens (tertiary/aromatic N) is 3. The summed E-state index contributed by atoms with van der Waals surface area (Å²) in [5.74, 6) is -0.415. The average Bonchev–Trinajstić information content (AvgIpc) is 2.78. The van der Waals surface area contributed by atoms with E-state index in [1.807, 2.05) is 0 Å². The second kappa shape index (κ2) is 10.7. The molecule has 1 fully saturated rings. The molecule has 3 N–H and O–H groups in total. The van der Waals surface area contributed by atoms with Crippen LogP contribution in [0, 0.1) is 12.8 Å². The molecule has 174 valence electrons. The predicted octanol–water partition coefficient (Wildman–Crippen LogP) is 0.338. The van der Waals surface area contributed by atoms with Crippen molar-refractivity contribution in [1.82, 2.24) is 19.7 Å². The van der Waals surface area contributed by atoms with Crippen molar-refractivity contribution in [2.45, 2.75) is 57.9 Å². The Bertz CT molecular complexity index is 1060. The molecule has 2 atom stereocenters. The molecule has 2 aromatic rings. The van der Waals surface area contributed by atoms with Crippen molar-refractivity contribution in [3.8, 4) is 5.69 Å². The van der Waals surface area contributed by atoms with E-state index in [4.69, 9.17) is 4.74 Å². The smallest absolute Gasteiger partial charge is 0.352 e. The average molecular weight is 447 g/mol. The lowest BCUT2D eigenvalue weighted by Crippen LogP contribution is -2.43. The molecule has 10 nitrogen and oxygen atoms in total. The minimum Gasteiger partial charge on any atom is -0.389 e. The van der Waals surface area contributed by atoms with Crippen LogP contribution in [-0.4, -0.2) is 56.5 Å². The monoisotopic (exact) mass is 446 g/mol. The van der Waals surface area contributed by atoms with Gasteiger partial charge in [-0.25, -0.2) is 4.79 Å². The van der Waals surface area contributed by atoms with Gasteiger partial charge in [-0.2, -0.15) is 9.78 Å². The minimum atomic E-state index is -1.04. The number of aryl methyl sites for hydroxylation is 1. The van der Waals surface area contributed by atoms with Gasteiger partial charge < -0.3 is 20.3 Å². The number of benzene rings is 1. The van der Waals surface area contributed by atoms with E-state index in [0.717, 1.165) is 47.5 Å². The van der Waals surface area contributed by atoms with Gasteiger partial charge in [-0.1, -0.05) is 25.3 Å². The summed E-state index contributed by atoms with van der Waals surface area (Å²) in [6.45, 7) is 1.47. The highest BCUT2D eigenvalue weighted by molar-refractivity contribution is 5.96. The van der Waals surface area contributed by atoms with Crippen molar-refractivity contribution >= 4 is 5.91 Å². The summed E-state index contributed by atoms with van der Waals surface area (Å²) in [4.78, 5) is 37.8. The van der Waals surface area contributed by atoms with E-state index in [1.54, 1.807) is 19.1 Å². The number of methoxy groups -OCH3 is 1. The summed E-state index contributed by atoms with van der Waals surface area (Å²) in [6.07, 6.45) is 3.97. The van der Waals surface area contributed by atoms with Crippen LogP contribution in [0.2, 0.25) is 0 Å². The SMILES string of the molecule is COCC(O)Cn1c(=O)cnn(-c2ccc(C)c(C(=O)NC(O)C3CCCCC3)c2)c1=O. The molecule has 0 aliphatic heterocycles. The Kier molecular flexibility index (Phi) is 7.94. The number of ether oxygens (including phenoxy) is 1. The van der Waals surface area contributed by atoms with E-state index in [-0.39, 0.29) is 24.8 Å². The molecular formula is C22H30N4O6. The quantitative estimate of drug-likeness (QED) is 0.498. The van der Waals surface area contributed by atoms with E-state index >= 15 is 0 Å². The van der Waals surface area contributed by atoms with Crippen LogP contribution in [0.4, 0.5) is 0 Å². The van der Waals surface area contributed by atoms with E-state index in [1.165, 1.54) is 13.2 Å². The lowest BCUT2D eigenvalue weighted by Gasteiger charge is -2.27. The Balaban J connectivity index is 1.87. The van der Waals surface area contributed by atoms with Crippen LogP contribution >= 0.6 is 0 Å². The molecule has 1 saturated carbocycles. The van der Waals surface area contributed by atoms with Crippen molar-refractivity contribution in [3.05, 3.63) is 56.4 Å². The maximum absolute atomic E-state index is 12.9. The second-order valence-electron chi connectivity index (χ2n) is 8.21. The number of aromatic nitrogens is 3. The van der Waals surface area contributed by atoms with Crippen LogP contribution in [-0.2, 0) is 11.3 Å². The minimum absolute atomic E-state index is 0.0301. The van der Waals surface area contributed by atoms with Gasteiger partial charge in [0.1, 0.15) is 12.4 Å². The lowest BCUT2D eigenvalue weighted by molar-refractivity contribution is 0.0463. The van der Waals surface area contributed by atoms with E-state index in [0.29, 0.717) is 11.1 Å². The third-order valence-electron chi connectivity index (χ3n) is 5.80. The third-order valence-corrected chi connectivity index (χ3v) is 5.80. The zero-order valence-corrected chi connectivity index (χ0v) is 18.4. The van der Waals surface area contributed by atoms with E-state index < -0.39 is 29.5 Å². The maximum Gasteiger partial charge on any atom is 0.352 e. The molecule has 10 heteroatoms. The molecule has 1 aromatic carbocycles. The highest BCUT2D eigenvalue weighted by Gasteiger charge is 2.24. The van der Waals surface area contributed by atoms with E-state index in [9.17, 15) is 24.6 Å². The molecule has 0 bridgehead atoms. The van der Waals surface area contributed by atoms with Crippen LogP contribution in [0.25, 0.3) is 5.69 Å². The molecule has 2 unspecified atom stereocenters. The Hall–Kier alpha value is -2.82. The number of aliphatic hydroxyl groups is 2. The van der Waals surface area contributed by atoms with Crippen molar-refractivity contribution in [2.24, 2.45) is 5.92 Å². The molecule has 1 aliphatic carbocycles. The van der Waals surface area contributed by atoms with Crippen LogP contribution in [0.15, 0.2) is 34.0 Å². The Labute approximate surface area is 185 Å². The standard InChI is InChI=1S/C22H30N4O6/c1-14-8-9-16(10-18(14)21(30)24-20(29)15-6-4-3-5-7-15)26-22(31)25(19(28)11-23-26)12-17(27)13-32-2/h8-11,15,17,20,27,29H,3-7,12-13H2,1-2H3,(H,24,30). The number of hydrogen-bond acceptors (Lipinski definition) is 7. The molecular weight excluding hydrogens is 416 g/mol. The van der Waals surface area contributed by atoms with Gasteiger partial charge >= 0.3 is 5.69 Å². The highest BCUT2D eigenvalue weighted by Crippen LogP contribution is 2.26. The normalized spacial score (nSPS) is 16.5. The number of carbonyl (C=O) groups is 1. The molecule has 32 heavy (non-hydrogen) atoms. The number of hydrogen-bond donors (Lipinski definition) is 3. The summed E-state index contributed by atoms with van der Waals surface area (Å²) >= 11 is 0. The van der Waals surface area contributed by atoms with Gasteiger partial charge in [0.15, 0.2) is 0 Å².